The fourth-order valence-electron chi connectivity index (χ4n) is 3.44. The predicted molar refractivity (Wildman–Crippen MR) is 127 cm³/mol. The molecule has 0 saturated heterocycles. The molecule has 32 heavy (non-hydrogen) atoms. The first-order chi connectivity index (χ1) is 15.4. The molecule has 1 aromatic heterocycles. The number of oxazole rings is 1. The number of methoxy groups -OCH3 is 1. The minimum Gasteiger partial charge on any atom is -0.495 e. The van der Waals surface area contributed by atoms with E-state index in [0.29, 0.717) is 23.0 Å². The summed E-state index contributed by atoms with van der Waals surface area (Å²) >= 11 is 0. The Morgan fingerprint density at radius 2 is 1.62 bits per heavy atom. The molecule has 1 heterocycles. The summed E-state index contributed by atoms with van der Waals surface area (Å²) < 4.78 is 11.0. The number of aryl methyl sites for hydroxylation is 3. The number of aromatic nitrogens is 1. The molecule has 4 rings (SSSR count). The number of benzene rings is 3. The number of carbonyl (C=O) groups is 1. The van der Waals surface area contributed by atoms with Gasteiger partial charge < -0.3 is 19.8 Å². The van der Waals surface area contributed by atoms with Crippen LogP contribution < -0.4 is 15.4 Å². The van der Waals surface area contributed by atoms with Gasteiger partial charge in [0.2, 0.25) is 5.89 Å². The van der Waals surface area contributed by atoms with Crippen molar-refractivity contribution in [2.75, 3.05) is 17.7 Å². The van der Waals surface area contributed by atoms with Crippen LogP contribution in [-0.2, 0) is 0 Å². The van der Waals surface area contributed by atoms with Crippen LogP contribution in [0.4, 0.5) is 16.2 Å². The second-order valence-electron chi connectivity index (χ2n) is 7.72. The zero-order valence-corrected chi connectivity index (χ0v) is 18.5. The lowest BCUT2D eigenvalue weighted by Gasteiger charge is -2.12. The third kappa shape index (κ3) is 4.64. The van der Waals surface area contributed by atoms with Gasteiger partial charge in [-0.1, -0.05) is 23.8 Å². The summed E-state index contributed by atoms with van der Waals surface area (Å²) in [5.41, 5.74) is 7.29. The van der Waals surface area contributed by atoms with Gasteiger partial charge in [0.1, 0.15) is 17.7 Å². The topological polar surface area (TPSA) is 76.4 Å². The molecule has 3 aromatic carbocycles. The predicted octanol–water partition coefficient (Wildman–Crippen LogP) is 6.59. The van der Waals surface area contributed by atoms with Gasteiger partial charge in [-0.2, -0.15) is 0 Å². The van der Waals surface area contributed by atoms with Gasteiger partial charge in [-0.25, -0.2) is 9.78 Å². The van der Waals surface area contributed by atoms with Crippen LogP contribution in [-0.4, -0.2) is 18.1 Å². The fourth-order valence-corrected chi connectivity index (χ4v) is 3.44. The first kappa shape index (κ1) is 21.2. The molecule has 0 spiro atoms. The molecule has 6 heteroatoms. The molecule has 2 N–H and O–H groups in total. The third-order valence-corrected chi connectivity index (χ3v) is 5.17. The highest BCUT2D eigenvalue weighted by molar-refractivity contribution is 6.00. The largest absolute Gasteiger partial charge is 0.495 e. The Kier molecular flexibility index (Phi) is 5.94. The van der Waals surface area contributed by atoms with E-state index in [9.17, 15) is 4.79 Å². The van der Waals surface area contributed by atoms with Crippen molar-refractivity contribution >= 4 is 17.4 Å². The van der Waals surface area contributed by atoms with Crippen LogP contribution in [0.15, 0.2) is 71.3 Å². The van der Waals surface area contributed by atoms with Gasteiger partial charge in [0.05, 0.1) is 12.8 Å². The SMILES string of the molecule is COc1ccc(C)cc1NC(=O)Nc1ccc(-c2nc(-c3cc(C)ccc3C)co2)cc1. The Labute approximate surface area is 187 Å². The highest BCUT2D eigenvalue weighted by atomic mass is 16.5. The fraction of sp³-hybridized carbons (Fsp3) is 0.154. The molecule has 2 amide bonds. The van der Waals surface area contributed by atoms with Crippen molar-refractivity contribution in [2.24, 2.45) is 0 Å². The Hall–Kier alpha value is -4.06. The molecule has 0 radical (unpaired) electrons. The van der Waals surface area contributed by atoms with Crippen molar-refractivity contribution in [1.82, 2.24) is 4.98 Å². The molecule has 6 nitrogen and oxygen atoms in total. The Morgan fingerprint density at radius 1 is 0.906 bits per heavy atom. The molecular formula is C26H25N3O3. The number of anilines is 2. The molecule has 4 aromatic rings. The van der Waals surface area contributed by atoms with Crippen LogP contribution in [0.25, 0.3) is 22.7 Å². The van der Waals surface area contributed by atoms with E-state index in [-0.39, 0.29) is 6.03 Å². The number of carbonyl (C=O) groups excluding carboxylic acids is 1. The second kappa shape index (κ2) is 8.98. The molecule has 0 aliphatic rings. The van der Waals surface area contributed by atoms with Crippen molar-refractivity contribution in [3.05, 3.63) is 83.6 Å². The number of nitrogens with one attached hydrogen (secondary N) is 2. The summed E-state index contributed by atoms with van der Waals surface area (Å²) in [6.45, 7) is 6.07. The number of urea groups is 1. The van der Waals surface area contributed by atoms with Gasteiger partial charge in [-0.05, 0) is 74.4 Å². The zero-order valence-electron chi connectivity index (χ0n) is 18.5. The number of hydrogen-bond donors (Lipinski definition) is 2. The lowest BCUT2D eigenvalue weighted by molar-refractivity contribution is 0.262. The maximum absolute atomic E-state index is 12.4. The van der Waals surface area contributed by atoms with E-state index in [4.69, 9.17) is 9.15 Å². The number of rotatable bonds is 5. The molecule has 0 fully saturated rings. The normalized spacial score (nSPS) is 10.6. The van der Waals surface area contributed by atoms with E-state index >= 15 is 0 Å². The van der Waals surface area contributed by atoms with Gasteiger partial charge >= 0.3 is 6.03 Å². The average molecular weight is 428 g/mol. The summed E-state index contributed by atoms with van der Waals surface area (Å²) in [4.78, 5) is 17.1. The smallest absolute Gasteiger partial charge is 0.323 e. The minimum absolute atomic E-state index is 0.352. The van der Waals surface area contributed by atoms with Gasteiger partial charge in [0.25, 0.3) is 0 Å². The summed E-state index contributed by atoms with van der Waals surface area (Å²) in [6, 6.07) is 18.9. The van der Waals surface area contributed by atoms with Crippen molar-refractivity contribution in [1.29, 1.82) is 0 Å². The van der Waals surface area contributed by atoms with E-state index in [1.54, 1.807) is 13.4 Å². The Balaban J connectivity index is 1.46. The maximum Gasteiger partial charge on any atom is 0.323 e. The summed E-state index contributed by atoms with van der Waals surface area (Å²) in [7, 11) is 1.57. The molecule has 0 atom stereocenters. The van der Waals surface area contributed by atoms with Gasteiger partial charge in [0, 0.05) is 16.8 Å². The average Bonchev–Trinajstić information content (AvgIpc) is 3.26. The van der Waals surface area contributed by atoms with Crippen LogP contribution in [0, 0.1) is 20.8 Å². The standard InChI is InChI=1S/C26H25N3O3/c1-16-5-7-18(3)21(13-16)23-15-32-25(28-23)19-8-10-20(11-9-19)27-26(30)29-22-14-17(2)6-12-24(22)31-4/h5-15H,1-4H3,(H2,27,29,30). The van der Waals surface area contributed by atoms with E-state index in [1.807, 2.05) is 49.4 Å². The minimum atomic E-state index is -0.352. The summed E-state index contributed by atoms with van der Waals surface area (Å²) in [6.07, 6.45) is 1.67. The molecule has 0 bridgehead atoms. The first-order valence-electron chi connectivity index (χ1n) is 10.3. The van der Waals surface area contributed by atoms with Crippen LogP contribution in [0.2, 0.25) is 0 Å². The Morgan fingerprint density at radius 3 is 2.38 bits per heavy atom. The number of amides is 2. The molecule has 0 unspecified atom stereocenters. The van der Waals surface area contributed by atoms with Gasteiger partial charge in [-0.3, -0.25) is 0 Å². The van der Waals surface area contributed by atoms with E-state index in [1.165, 1.54) is 5.56 Å². The molecule has 0 aliphatic heterocycles. The van der Waals surface area contributed by atoms with Crippen LogP contribution in [0.5, 0.6) is 5.75 Å². The van der Waals surface area contributed by atoms with Crippen LogP contribution >= 0.6 is 0 Å². The lowest BCUT2D eigenvalue weighted by Crippen LogP contribution is -2.19. The number of ether oxygens (including phenoxy) is 1. The molecule has 0 saturated carbocycles. The monoisotopic (exact) mass is 427 g/mol. The summed E-state index contributed by atoms with van der Waals surface area (Å²) in [5.74, 6) is 1.13. The van der Waals surface area contributed by atoms with E-state index in [0.717, 1.165) is 27.9 Å². The van der Waals surface area contributed by atoms with Crippen molar-refractivity contribution < 1.29 is 13.9 Å². The highest BCUT2D eigenvalue weighted by Gasteiger charge is 2.12. The van der Waals surface area contributed by atoms with Gasteiger partial charge in [-0.15, -0.1) is 0 Å². The van der Waals surface area contributed by atoms with Crippen molar-refractivity contribution in [3.63, 3.8) is 0 Å². The second-order valence-corrected chi connectivity index (χ2v) is 7.72. The van der Waals surface area contributed by atoms with E-state index in [2.05, 4.69) is 47.7 Å². The lowest BCUT2D eigenvalue weighted by atomic mass is 10.0. The third-order valence-electron chi connectivity index (χ3n) is 5.17. The van der Waals surface area contributed by atoms with Crippen LogP contribution in [0.1, 0.15) is 16.7 Å². The molecule has 0 aliphatic carbocycles. The summed E-state index contributed by atoms with van der Waals surface area (Å²) in [5, 5.41) is 5.65. The van der Waals surface area contributed by atoms with Crippen molar-refractivity contribution in [3.8, 4) is 28.5 Å². The first-order valence-corrected chi connectivity index (χ1v) is 10.3. The van der Waals surface area contributed by atoms with Crippen LogP contribution in [0.3, 0.4) is 0 Å². The van der Waals surface area contributed by atoms with Gasteiger partial charge in [0.15, 0.2) is 0 Å². The number of nitrogens with zero attached hydrogens (tertiary/aromatic N) is 1. The van der Waals surface area contributed by atoms with E-state index < -0.39 is 0 Å². The van der Waals surface area contributed by atoms with Crippen molar-refractivity contribution in [2.45, 2.75) is 20.8 Å². The zero-order chi connectivity index (χ0) is 22.7. The molecule has 162 valence electrons. The number of hydrogen-bond acceptors (Lipinski definition) is 4. The Bertz CT molecular complexity index is 1260. The molecular weight excluding hydrogens is 402 g/mol. The quantitative estimate of drug-likeness (QED) is 0.377. The highest BCUT2D eigenvalue weighted by Crippen LogP contribution is 2.29. The maximum atomic E-state index is 12.4.